The Hall–Kier alpha value is -0.610. The fraction of sp³-hybridized carbons (Fsp3) is 0.889. The molecular weight excluding hydrogens is 170 g/mol. The van der Waals surface area contributed by atoms with Gasteiger partial charge in [0.1, 0.15) is 5.54 Å². The maximum absolute atomic E-state index is 11.1. The molecule has 1 unspecified atom stereocenters. The largest absolute Gasteiger partial charge is 0.468 e. The summed E-state index contributed by atoms with van der Waals surface area (Å²) in [6.07, 6.45) is 3.67. The molecule has 0 heterocycles. The molecule has 0 spiro atoms. The molecule has 1 fully saturated rings. The maximum atomic E-state index is 11.1. The number of rotatable bonds is 4. The van der Waals surface area contributed by atoms with Crippen LogP contribution in [0.4, 0.5) is 0 Å². The molecule has 0 amide bonds. The van der Waals surface area contributed by atoms with Crippen molar-refractivity contribution in [2.75, 3.05) is 13.7 Å². The van der Waals surface area contributed by atoms with Gasteiger partial charge in [0.15, 0.2) is 0 Å². The molecule has 0 aromatic heterocycles. The molecule has 4 heteroatoms. The van der Waals surface area contributed by atoms with Gasteiger partial charge in [-0.05, 0) is 26.2 Å². The van der Waals surface area contributed by atoms with Gasteiger partial charge in [0, 0.05) is 0 Å². The molecule has 0 saturated heterocycles. The molecule has 1 atom stereocenters. The van der Waals surface area contributed by atoms with Crippen molar-refractivity contribution in [2.45, 2.75) is 37.8 Å². The fourth-order valence-corrected chi connectivity index (χ4v) is 1.12. The summed E-state index contributed by atoms with van der Waals surface area (Å²) in [4.78, 5) is 11.1. The molecule has 4 nitrogen and oxygen atoms in total. The minimum absolute atomic E-state index is 0.240. The van der Waals surface area contributed by atoms with Gasteiger partial charge in [-0.25, -0.2) is 4.79 Å². The third-order valence-corrected chi connectivity index (χ3v) is 2.32. The zero-order valence-corrected chi connectivity index (χ0v) is 8.21. The number of carbonyl (C=O) groups is 1. The van der Waals surface area contributed by atoms with Crippen LogP contribution in [0, 0.1) is 0 Å². The summed E-state index contributed by atoms with van der Waals surface area (Å²) in [5.41, 5.74) is 4.69. The number of methoxy groups -OCH3 is 1. The van der Waals surface area contributed by atoms with E-state index in [1.807, 2.05) is 0 Å². The van der Waals surface area contributed by atoms with Crippen molar-refractivity contribution in [2.24, 2.45) is 5.73 Å². The van der Waals surface area contributed by atoms with Gasteiger partial charge in [0.2, 0.25) is 0 Å². The normalized spacial score (nSPS) is 21.8. The van der Waals surface area contributed by atoms with Crippen LogP contribution in [0.25, 0.3) is 0 Å². The van der Waals surface area contributed by atoms with Crippen LogP contribution in [-0.4, -0.2) is 31.3 Å². The Morgan fingerprint density at radius 2 is 2.23 bits per heavy atom. The summed E-state index contributed by atoms with van der Waals surface area (Å²) in [6.45, 7) is 1.86. The highest BCUT2D eigenvalue weighted by atomic mass is 16.5. The van der Waals surface area contributed by atoms with Crippen LogP contribution in [0.3, 0.4) is 0 Å². The van der Waals surface area contributed by atoms with Crippen molar-refractivity contribution < 1.29 is 14.3 Å². The predicted octanol–water partition coefficient (Wildman–Crippen LogP) is 0.446. The van der Waals surface area contributed by atoms with Crippen LogP contribution >= 0.6 is 0 Å². The van der Waals surface area contributed by atoms with Gasteiger partial charge in [-0.15, -0.1) is 0 Å². The first-order valence-electron chi connectivity index (χ1n) is 4.55. The van der Waals surface area contributed by atoms with Gasteiger partial charge >= 0.3 is 5.97 Å². The number of hydrogen-bond donors (Lipinski definition) is 1. The molecule has 1 aliphatic rings. The molecule has 0 aromatic rings. The molecule has 1 aliphatic carbocycles. The summed E-state index contributed by atoms with van der Waals surface area (Å²) in [7, 11) is 1.33. The summed E-state index contributed by atoms with van der Waals surface area (Å²) in [6, 6.07) is 0. The SMILES string of the molecule is COC(=O)C(C)(N)COC1CCC1. The highest BCUT2D eigenvalue weighted by Gasteiger charge is 2.31. The Labute approximate surface area is 78.4 Å². The lowest BCUT2D eigenvalue weighted by molar-refractivity contribution is -0.150. The van der Waals surface area contributed by atoms with Crippen LogP contribution in [0.2, 0.25) is 0 Å². The third kappa shape index (κ3) is 2.67. The zero-order chi connectivity index (χ0) is 9.90. The summed E-state index contributed by atoms with van der Waals surface area (Å²) < 4.78 is 9.99. The third-order valence-electron chi connectivity index (χ3n) is 2.32. The van der Waals surface area contributed by atoms with Gasteiger partial charge in [0.25, 0.3) is 0 Å². The molecule has 0 radical (unpaired) electrons. The first-order valence-corrected chi connectivity index (χ1v) is 4.55. The van der Waals surface area contributed by atoms with Gasteiger partial charge < -0.3 is 15.2 Å². The lowest BCUT2D eigenvalue weighted by atomic mass is 9.96. The zero-order valence-electron chi connectivity index (χ0n) is 8.21. The molecule has 0 bridgehead atoms. The monoisotopic (exact) mass is 187 g/mol. The average molecular weight is 187 g/mol. The van der Waals surface area contributed by atoms with Crippen molar-refractivity contribution >= 4 is 5.97 Å². The smallest absolute Gasteiger partial charge is 0.327 e. The molecule has 13 heavy (non-hydrogen) atoms. The Balaban J connectivity index is 2.27. The summed E-state index contributed by atoms with van der Waals surface area (Å²) >= 11 is 0. The Morgan fingerprint density at radius 3 is 2.62 bits per heavy atom. The molecule has 0 aliphatic heterocycles. The Bertz CT molecular complexity index is 187. The highest BCUT2D eigenvalue weighted by Crippen LogP contribution is 2.22. The molecule has 2 N–H and O–H groups in total. The van der Waals surface area contributed by atoms with E-state index in [0.29, 0.717) is 6.10 Å². The second kappa shape index (κ2) is 4.07. The van der Waals surface area contributed by atoms with Gasteiger partial charge in [0.05, 0.1) is 19.8 Å². The quantitative estimate of drug-likeness (QED) is 0.649. The van der Waals surface area contributed by atoms with E-state index in [2.05, 4.69) is 4.74 Å². The second-order valence-corrected chi connectivity index (χ2v) is 3.77. The number of ether oxygens (including phenoxy) is 2. The lowest BCUT2D eigenvalue weighted by Gasteiger charge is -2.29. The topological polar surface area (TPSA) is 61.5 Å². The molecule has 1 saturated carbocycles. The standard InChI is InChI=1S/C9H17NO3/c1-9(10,8(11)12-2)6-13-7-4-3-5-7/h7H,3-6,10H2,1-2H3. The number of hydrogen-bond acceptors (Lipinski definition) is 4. The van der Waals surface area contributed by atoms with E-state index in [1.165, 1.54) is 13.5 Å². The minimum atomic E-state index is -1.01. The van der Waals surface area contributed by atoms with Crippen LogP contribution < -0.4 is 5.73 Å². The van der Waals surface area contributed by atoms with Crippen molar-refractivity contribution in [1.82, 2.24) is 0 Å². The molecular formula is C9H17NO3. The highest BCUT2D eigenvalue weighted by molar-refractivity contribution is 5.80. The summed E-state index contributed by atoms with van der Waals surface area (Å²) in [5.74, 6) is -0.424. The van der Waals surface area contributed by atoms with Crippen molar-refractivity contribution in [3.05, 3.63) is 0 Å². The van der Waals surface area contributed by atoms with E-state index in [1.54, 1.807) is 6.92 Å². The number of carbonyl (C=O) groups excluding carboxylic acids is 1. The van der Waals surface area contributed by atoms with E-state index >= 15 is 0 Å². The average Bonchev–Trinajstić information content (AvgIpc) is 1.99. The summed E-state index contributed by atoms with van der Waals surface area (Å²) in [5, 5.41) is 0. The minimum Gasteiger partial charge on any atom is -0.468 e. The van der Waals surface area contributed by atoms with E-state index in [0.717, 1.165) is 12.8 Å². The van der Waals surface area contributed by atoms with Gasteiger partial charge in [-0.3, -0.25) is 0 Å². The molecule has 76 valence electrons. The van der Waals surface area contributed by atoms with Crippen LogP contribution in [-0.2, 0) is 14.3 Å². The van der Waals surface area contributed by atoms with Crippen molar-refractivity contribution in [3.8, 4) is 0 Å². The van der Waals surface area contributed by atoms with Crippen molar-refractivity contribution in [1.29, 1.82) is 0 Å². The van der Waals surface area contributed by atoms with Crippen molar-refractivity contribution in [3.63, 3.8) is 0 Å². The van der Waals surface area contributed by atoms with E-state index in [9.17, 15) is 4.79 Å². The van der Waals surface area contributed by atoms with E-state index < -0.39 is 11.5 Å². The maximum Gasteiger partial charge on any atom is 0.327 e. The van der Waals surface area contributed by atoms with E-state index in [4.69, 9.17) is 10.5 Å². The van der Waals surface area contributed by atoms with E-state index in [-0.39, 0.29) is 6.61 Å². The van der Waals surface area contributed by atoms with Crippen LogP contribution in [0.5, 0.6) is 0 Å². The second-order valence-electron chi connectivity index (χ2n) is 3.77. The molecule has 0 aromatic carbocycles. The van der Waals surface area contributed by atoms with Crippen LogP contribution in [0.15, 0.2) is 0 Å². The van der Waals surface area contributed by atoms with Gasteiger partial charge in [-0.2, -0.15) is 0 Å². The van der Waals surface area contributed by atoms with Crippen LogP contribution in [0.1, 0.15) is 26.2 Å². The number of nitrogens with two attached hydrogens (primary N) is 1. The Kier molecular flexibility index (Phi) is 3.27. The first-order chi connectivity index (χ1) is 6.06. The number of esters is 1. The Morgan fingerprint density at radius 1 is 1.62 bits per heavy atom. The fourth-order valence-electron chi connectivity index (χ4n) is 1.12. The van der Waals surface area contributed by atoms with Gasteiger partial charge in [-0.1, -0.05) is 0 Å². The lowest BCUT2D eigenvalue weighted by Crippen LogP contribution is -2.50. The first kappa shape index (κ1) is 10.5. The predicted molar refractivity (Wildman–Crippen MR) is 48.2 cm³/mol. The molecule has 1 rings (SSSR count).